The lowest BCUT2D eigenvalue weighted by Crippen LogP contribution is -2.29. The maximum atomic E-state index is 14.1. The molecule has 1 aromatic heterocycles. The maximum Gasteiger partial charge on any atom is 0.239 e. The van der Waals surface area contributed by atoms with E-state index < -0.39 is 17.0 Å². The minimum Gasteiger partial charge on any atom is -0.359 e. The first-order valence-electron chi connectivity index (χ1n) is 7.14. The van der Waals surface area contributed by atoms with Gasteiger partial charge in [0.1, 0.15) is 22.8 Å². The highest BCUT2D eigenvalue weighted by molar-refractivity contribution is 8.00. The molecule has 1 saturated heterocycles. The molecule has 0 bridgehead atoms. The molecule has 1 aromatic carbocycles. The van der Waals surface area contributed by atoms with E-state index in [9.17, 15) is 13.6 Å². The second-order valence-electron chi connectivity index (χ2n) is 6.36. The number of benzene rings is 1. The SMILES string of the molecule is CC(C)(C)c1cc(N2C(=O)CSC2c2c(F)cccc2F)no1. The smallest absolute Gasteiger partial charge is 0.239 e. The van der Waals surface area contributed by atoms with Crippen molar-refractivity contribution in [1.29, 1.82) is 0 Å². The van der Waals surface area contributed by atoms with Crippen molar-refractivity contribution in [3.05, 3.63) is 47.2 Å². The van der Waals surface area contributed by atoms with E-state index in [1.54, 1.807) is 6.07 Å². The molecule has 1 aliphatic rings. The van der Waals surface area contributed by atoms with Gasteiger partial charge in [-0.05, 0) is 12.1 Å². The van der Waals surface area contributed by atoms with Crippen molar-refractivity contribution in [2.45, 2.75) is 31.6 Å². The molecule has 0 saturated carbocycles. The fourth-order valence-corrected chi connectivity index (χ4v) is 3.57. The molecule has 2 aromatic rings. The van der Waals surface area contributed by atoms with E-state index in [0.717, 1.165) is 0 Å². The second kappa shape index (κ2) is 5.63. The summed E-state index contributed by atoms with van der Waals surface area (Å²) in [5.41, 5.74) is -0.413. The molecule has 0 N–H and O–H groups in total. The van der Waals surface area contributed by atoms with E-state index in [0.29, 0.717) is 5.76 Å². The minimum absolute atomic E-state index is 0.135. The molecular formula is C16H16F2N2O2S. The monoisotopic (exact) mass is 338 g/mol. The van der Waals surface area contributed by atoms with Crippen LogP contribution in [-0.4, -0.2) is 16.8 Å². The summed E-state index contributed by atoms with van der Waals surface area (Å²) >= 11 is 1.17. The number of hydrogen-bond acceptors (Lipinski definition) is 4. The van der Waals surface area contributed by atoms with Crippen LogP contribution in [0.3, 0.4) is 0 Å². The van der Waals surface area contributed by atoms with E-state index in [1.807, 2.05) is 20.8 Å². The molecule has 122 valence electrons. The number of carbonyl (C=O) groups is 1. The van der Waals surface area contributed by atoms with Crippen LogP contribution < -0.4 is 4.90 Å². The molecular weight excluding hydrogens is 322 g/mol. The number of thioether (sulfide) groups is 1. The molecule has 0 radical (unpaired) electrons. The lowest BCUT2D eigenvalue weighted by molar-refractivity contribution is -0.115. The van der Waals surface area contributed by atoms with Gasteiger partial charge < -0.3 is 4.52 Å². The van der Waals surface area contributed by atoms with E-state index in [1.165, 1.54) is 34.9 Å². The highest BCUT2D eigenvalue weighted by atomic mass is 32.2. The zero-order valence-corrected chi connectivity index (χ0v) is 13.8. The van der Waals surface area contributed by atoms with Crippen molar-refractivity contribution < 1.29 is 18.1 Å². The Labute approximate surface area is 136 Å². The van der Waals surface area contributed by atoms with Gasteiger partial charge in [-0.2, -0.15) is 0 Å². The highest BCUT2D eigenvalue weighted by Crippen LogP contribution is 2.43. The number of carbonyl (C=O) groups excluding carboxylic acids is 1. The number of rotatable bonds is 2. The Morgan fingerprint density at radius 3 is 2.52 bits per heavy atom. The molecule has 1 amide bonds. The second-order valence-corrected chi connectivity index (χ2v) is 7.43. The number of halogens is 2. The normalized spacial score (nSPS) is 18.7. The molecule has 1 unspecified atom stereocenters. The predicted octanol–water partition coefficient (Wildman–Crippen LogP) is 4.03. The van der Waals surface area contributed by atoms with Gasteiger partial charge in [0.25, 0.3) is 0 Å². The van der Waals surface area contributed by atoms with Crippen LogP contribution >= 0.6 is 11.8 Å². The summed E-state index contributed by atoms with van der Waals surface area (Å²) in [5, 5.41) is 3.13. The van der Waals surface area contributed by atoms with E-state index in [-0.39, 0.29) is 28.5 Å². The van der Waals surface area contributed by atoms with Gasteiger partial charge in [0.05, 0.1) is 11.3 Å². The molecule has 3 rings (SSSR count). The van der Waals surface area contributed by atoms with Crippen molar-refractivity contribution in [1.82, 2.24) is 5.16 Å². The largest absolute Gasteiger partial charge is 0.359 e. The van der Waals surface area contributed by atoms with Gasteiger partial charge in [-0.15, -0.1) is 11.8 Å². The Morgan fingerprint density at radius 1 is 1.30 bits per heavy atom. The van der Waals surface area contributed by atoms with Crippen molar-refractivity contribution >= 4 is 23.5 Å². The van der Waals surface area contributed by atoms with Crippen LogP contribution in [0.15, 0.2) is 28.8 Å². The third-order valence-corrected chi connectivity index (χ3v) is 4.77. The van der Waals surface area contributed by atoms with Crippen LogP contribution in [0.4, 0.5) is 14.6 Å². The van der Waals surface area contributed by atoms with Crippen LogP contribution in [0.1, 0.15) is 37.5 Å². The Balaban J connectivity index is 2.03. The van der Waals surface area contributed by atoms with Crippen LogP contribution in [0.5, 0.6) is 0 Å². The Hall–Kier alpha value is -1.89. The van der Waals surface area contributed by atoms with Gasteiger partial charge >= 0.3 is 0 Å². The first kappa shape index (κ1) is 16.0. The fraction of sp³-hybridized carbons (Fsp3) is 0.375. The van der Waals surface area contributed by atoms with Crippen LogP contribution in [0.25, 0.3) is 0 Å². The van der Waals surface area contributed by atoms with Crippen molar-refractivity contribution in [3.63, 3.8) is 0 Å². The van der Waals surface area contributed by atoms with Crippen molar-refractivity contribution in [2.24, 2.45) is 0 Å². The molecule has 4 nitrogen and oxygen atoms in total. The quantitative estimate of drug-likeness (QED) is 0.829. The topological polar surface area (TPSA) is 46.3 Å². The van der Waals surface area contributed by atoms with E-state index in [2.05, 4.69) is 5.16 Å². The average Bonchev–Trinajstić information content (AvgIpc) is 3.05. The molecule has 7 heteroatoms. The lowest BCUT2D eigenvalue weighted by Gasteiger charge is -2.22. The maximum absolute atomic E-state index is 14.1. The Bertz CT molecular complexity index is 735. The summed E-state index contributed by atoms with van der Waals surface area (Å²) in [6, 6.07) is 5.32. The lowest BCUT2D eigenvalue weighted by atomic mass is 9.93. The van der Waals surface area contributed by atoms with E-state index in [4.69, 9.17) is 4.52 Å². The van der Waals surface area contributed by atoms with Gasteiger partial charge in [0.2, 0.25) is 5.91 Å². The number of amides is 1. The fourth-order valence-electron chi connectivity index (χ4n) is 2.36. The van der Waals surface area contributed by atoms with Crippen molar-refractivity contribution in [2.75, 3.05) is 10.7 Å². The van der Waals surface area contributed by atoms with Gasteiger partial charge in [0.15, 0.2) is 5.82 Å². The zero-order chi connectivity index (χ0) is 16.8. The van der Waals surface area contributed by atoms with E-state index >= 15 is 0 Å². The summed E-state index contributed by atoms with van der Waals surface area (Å²) in [6.07, 6.45) is 0. The minimum atomic E-state index is -0.790. The number of nitrogens with zero attached hydrogens (tertiary/aromatic N) is 2. The Morgan fingerprint density at radius 2 is 1.96 bits per heavy atom. The first-order chi connectivity index (χ1) is 10.8. The summed E-state index contributed by atoms with van der Waals surface area (Å²) < 4.78 is 33.4. The summed E-state index contributed by atoms with van der Waals surface area (Å²) in [6.45, 7) is 5.85. The van der Waals surface area contributed by atoms with Crippen LogP contribution in [0, 0.1) is 11.6 Å². The van der Waals surface area contributed by atoms with Gasteiger partial charge in [-0.25, -0.2) is 8.78 Å². The van der Waals surface area contributed by atoms with Crippen LogP contribution in [0.2, 0.25) is 0 Å². The zero-order valence-electron chi connectivity index (χ0n) is 13.0. The first-order valence-corrected chi connectivity index (χ1v) is 8.18. The average molecular weight is 338 g/mol. The molecule has 1 atom stereocenters. The van der Waals surface area contributed by atoms with Crippen LogP contribution in [-0.2, 0) is 10.2 Å². The molecule has 1 fully saturated rings. The van der Waals surface area contributed by atoms with Gasteiger partial charge in [0, 0.05) is 11.5 Å². The Kier molecular flexibility index (Phi) is 3.91. The summed E-state index contributed by atoms with van der Waals surface area (Å²) in [4.78, 5) is 13.5. The number of hydrogen-bond donors (Lipinski definition) is 0. The number of aromatic nitrogens is 1. The molecule has 0 spiro atoms. The van der Waals surface area contributed by atoms with Crippen molar-refractivity contribution in [3.8, 4) is 0 Å². The standard InChI is InChI=1S/C16H16F2N2O2S/c1-16(2,3)11-7-12(19-22-11)20-13(21)8-23-15(20)14-9(17)5-4-6-10(14)18/h4-7,15H,8H2,1-3H3. The molecule has 0 aliphatic carbocycles. The third kappa shape index (κ3) is 2.85. The molecule has 2 heterocycles. The number of anilines is 1. The molecule has 1 aliphatic heterocycles. The molecule has 23 heavy (non-hydrogen) atoms. The highest BCUT2D eigenvalue weighted by Gasteiger charge is 2.39. The third-order valence-electron chi connectivity index (χ3n) is 3.60. The summed E-state index contributed by atoms with van der Waals surface area (Å²) in [5.74, 6) is -0.599. The van der Waals surface area contributed by atoms with Gasteiger partial charge in [-0.1, -0.05) is 32.0 Å². The summed E-state index contributed by atoms with van der Waals surface area (Å²) in [7, 11) is 0. The van der Waals surface area contributed by atoms with Gasteiger partial charge in [-0.3, -0.25) is 9.69 Å². The predicted molar refractivity (Wildman–Crippen MR) is 84.2 cm³/mol.